The predicted molar refractivity (Wildman–Crippen MR) is 92.6 cm³/mol. The molecule has 26 heavy (non-hydrogen) atoms. The number of carbonyl (C=O) groups is 1. The topological polar surface area (TPSA) is 64.4 Å². The summed E-state index contributed by atoms with van der Waals surface area (Å²) in [6.07, 6.45) is -3.01. The van der Waals surface area contributed by atoms with E-state index in [1.165, 1.54) is 18.2 Å². The summed E-state index contributed by atoms with van der Waals surface area (Å²) in [4.78, 5) is 11.6. The molecule has 4 nitrogen and oxygen atoms in total. The third kappa shape index (κ3) is 7.14. The summed E-state index contributed by atoms with van der Waals surface area (Å²) in [5.74, 6) is -0.708. The number of nitrogens with one attached hydrogen (secondary N) is 1. The second kappa shape index (κ2) is 9.24. The third-order valence-corrected chi connectivity index (χ3v) is 3.84. The largest absolute Gasteiger partial charge is 0.573 e. The number of halogens is 3. The summed E-state index contributed by atoms with van der Waals surface area (Å²) < 4.78 is 40.7. The zero-order valence-electron chi connectivity index (χ0n) is 14.1. The molecule has 0 saturated carbocycles. The highest BCUT2D eigenvalue weighted by atomic mass is 19.4. The number of carbonyl (C=O) groups excluding carboxylic acids is 1. The summed E-state index contributed by atoms with van der Waals surface area (Å²) in [6, 6.07) is 15.0. The Morgan fingerprint density at radius 2 is 1.73 bits per heavy atom. The van der Waals surface area contributed by atoms with E-state index in [1.54, 1.807) is 6.07 Å². The fourth-order valence-electron chi connectivity index (χ4n) is 2.59. The molecule has 0 aliphatic rings. The van der Waals surface area contributed by atoms with Gasteiger partial charge in [-0.1, -0.05) is 42.5 Å². The number of benzene rings is 2. The Kier molecular flexibility index (Phi) is 7.03. The molecular formula is C19H21F3N2O2. The van der Waals surface area contributed by atoms with Crippen LogP contribution in [0, 0.1) is 0 Å². The van der Waals surface area contributed by atoms with Crippen LogP contribution in [0.5, 0.6) is 5.75 Å². The van der Waals surface area contributed by atoms with Gasteiger partial charge in [-0.05, 0) is 49.1 Å². The Bertz CT molecular complexity index is 705. The average Bonchev–Trinajstić information content (AvgIpc) is 2.57. The van der Waals surface area contributed by atoms with Gasteiger partial charge in [-0.15, -0.1) is 13.2 Å². The smallest absolute Gasteiger partial charge is 0.406 e. The van der Waals surface area contributed by atoms with E-state index in [2.05, 4.69) is 10.1 Å². The van der Waals surface area contributed by atoms with Crippen LogP contribution in [0.3, 0.4) is 0 Å². The molecule has 2 aromatic carbocycles. The number of alkyl halides is 3. The van der Waals surface area contributed by atoms with E-state index >= 15 is 0 Å². The highest BCUT2D eigenvalue weighted by Crippen LogP contribution is 2.23. The van der Waals surface area contributed by atoms with Gasteiger partial charge in [0, 0.05) is 0 Å². The quantitative estimate of drug-likeness (QED) is 0.716. The van der Waals surface area contributed by atoms with Crippen LogP contribution >= 0.6 is 0 Å². The molecule has 1 atom stereocenters. The lowest BCUT2D eigenvalue weighted by Gasteiger charge is -2.16. The molecule has 0 bridgehead atoms. The number of aryl methyl sites for hydroxylation is 1. The van der Waals surface area contributed by atoms with Crippen molar-refractivity contribution in [3.8, 4) is 5.75 Å². The van der Waals surface area contributed by atoms with Gasteiger partial charge in [0.25, 0.3) is 0 Å². The van der Waals surface area contributed by atoms with Gasteiger partial charge in [0.05, 0.1) is 6.04 Å². The first-order valence-corrected chi connectivity index (χ1v) is 8.25. The molecule has 7 heteroatoms. The lowest BCUT2D eigenvalue weighted by Crippen LogP contribution is -2.42. The Morgan fingerprint density at radius 1 is 1.04 bits per heavy atom. The van der Waals surface area contributed by atoms with E-state index in [9.17, 15) is 18.0 Å². The lowest BCUT2D eigenvalue weighted by molar-refractivity contribution is -0.274. The summed E-state index contributed by atoms with van der Waals surface area (Å²) in [6.45, 7) is 0.415. The molecule has 0 aromatic heterocycles. The summed E-state index contributed by atoms with van der Waals surface area (Å²) in [7, 11) is 0. The summed E-state index contributed by atoms with van der Waals surface area (Å²) in [5, 5.41) is 3.07. The molecule has 2 rings (SSSR count). The summed E-state index contributed by atoms with van der Waals surface area (Å²) in [5.41, 5.74) is 7.21. The van der Waals surface area contributed by atoms with Crippen molar-refractivity contribution >= 4 is 5.91 Å². The van der Waals surface area contributed by atoms with Crippen molar-refractivity contribution in [2.24, 2.45) is 5.73 Å². The van der Waals surface area contributed by atoms with E-state index in [-0.39, 0.29) is 5.75 Å². The zero-order chi connectivity index (χ0) is 19.0. The minimum atomic E-state index is -4.72. The molecule has 3 N–H and O–H groups in total. The maximum Gasteiger partial charge on any atom is 0.573 e. The van der Waals surface area contributed by atoms with Crippen molar-refractivity contribution in [1.82, 2.24) is 5.32 Å². The van der Waals surface area contributed by atoms with E-state index in [0.29, 0.717) is 31.4 Å². The van der Waals surface area contributed by atoms with Crippen LogP contribution in [-0.4, -0.2) is 24.9 Å². The van der Waals surface area contributed by atoms with Gasteiger partial charge >= 0.3 is 6.36 Å². The minimum absolute atomic E-state index is 0.259. The van der Waals surface area contributed by atoms with Crippen LogP contribution in [0.1, 0.15) is 17.5 Å². The average molecular weight is 366 g/mol. The SMILES string of the molecule is NC(=O)C(CCc1ccccc1)NCCc1cccc(OC(F)(F)F)c1. The molecule has 2 aromatic rings. The standard InChI is InChI=1S/C19H21F3N2O2/c20-19(21,22)26-16-8-4-7-15(13-16)11-12-24-17(18(23)25)10-9-14-5-2-1-3-6-14/h1-8,13,17,24H,9-12H2,(H2,23,25). The zero-order valence-corrected chi connectivity index (χ0v) is 14.1. The number of amides is 1. The molecule has 0 heterocycles. The van der Waals surface area contributed by atoms with Gasteiger partial charge in [-0.2, -0.15) is 0 Å². The van der Waals surface area contributed by atoms with Crippen LogP contribution in [0.2, 0.25) is 0 Å². The number of hydrogen-bond acceptors (Lipinski definition) is 3. The Balaban J connectivity index is 1.84. The highest BCUT2D eigenvalue weighted by Gasteiger charge is 2.31. The minimum Gasteiger partial charge on any atom is -0.406 e. The van der Waals surface area contributed by atoms with Crippen LogP contribution in [0.4, 0.5) is 13.2 Å². The maximum atomic E-state index is 12.3. The number of primary amides is 1. The number of nitrogens with two attached hydrogens (primary N) is 1. The van der Waals surface area contributed by atoms with Gasteiger partial charge < -0.3 is 15.8 Å². The molecule has 1 unspecified atom stereocenters. The van der Waals surface area contributed by atoms with E-state index in [4.69, 9.17) is 5.73 Å². The van der Waals surface area contributed by atoms with E-state index in [0.717, 1.165) is 5.56 Å². The van der Waals surface area contributed by atoms with Crippen molar-refractivity contribution in [2.75, 3.05) is 6.54 Å². The molecule has 0 spiro atoms. The van der Waals surface area contributed by atoms with E-state index < -0.39 is 18.3 Å². The van der Waals surface area contributed by atoms with E-state index in [1.807, 2.05) is 30.3 Å². The first kappa shape index (κ1) is 19.8. The molecule has 0 radical (unpaired) electrons. The van der Waals surface area contributed by atoms with Gasteiger partial charge in [0.15, 0.2) is 0 Å². The predicted octanol–water partition coefficient (Wildman–Crippen LogP) is 3.20. The molecular weight excluding hydrogens is 345 g/mol. The first-order valence-electron chi connectivity index (χ1n) is 8.25. The van der Waals surface area contributed by atoms with Gasteiger partial charge in [-0.25, -0.2) is 0 Å². The van der Waals surface area contributed by atoms with Crippen LogP contribution < -0.4 is 15.8 Å². The molecule has 0 fully saturated rings. The van der Waals surface area contributed by atoms with Crippen LogP contribution in [0.15, 0.2) is 54.6 Å². The molecule has 1 amide bonds. The van der Waals surface area contributed by atoms with Crippen molar-refractivity contribution in [3.05, 3.63) is 65.7 Å². The molecule has 0 aliphatic carbocycles. The van der Waals surface area contributed by atoms with Gasteiger partial charge in [-0.3, -0.25) is 4.79 Å². The molecule has 0 aliphatic heterocycles. The second-order valence-corrected chi connectivity index (χ2v) is 5.88. The highest BCUT2D eigenvalue weighted by molar-refractivity contribution is 5.79. The Labute approximate surface area is 150 Å². The first-order chi connectivity index (χ1) is 12.3. The summed E-state index contributed by atoms with van der Waals surface area (Å²) >= 11 is 0. The maximum absolute atomic E-state index is 12.3. The molecule has 0 saturated heterocycles. The second-order valence-electron chi connectivity index (χ2n) is 5.88. The van der Waals surface area contributed by atoms with Crippen molar-refractivity contribution in [2.45, 2.75) is 31.7 Å². The van der Waals surface area contributed by atoms with Crippen molar-refractivity contribution in [3.63, 3.8) is 0 Å². The number of rotatable bonds is 9. The van der Waals surface area contributed by atoms with Gasteiger partial charge in [0.2, 0.25) is 5.91 Å². The third-order valence-electron chi connectivity index (χ3n) is 3.84. The van der Waals surface area contributed by atoms with Crippen molar-refractivity contribution in [1.29, 1.82) is 0 Å². The number of ether oxygens (including phenoxy) is 1. The lowest BCUT2D eigenvalue weighted by atomic mass is 10.0. The fourth-order valence-corrected chi connectivity index (χ4v) is 2.59. The van der Waals surface area contributed by atoms with Crippen LogP contribution in [-0.2, 0) is 17.6 Å². The van der Waals surface area contributed by atoms with Gasteiger partial charge in [0.1, 0.15) is 5.75 Å². The Hall–Kier alpha value is -2.54. The normalized spacial score (nSPS) is 12.6. The van der Waals surface area contributed by atoms with Crippen molar-refractivity contribution < 1.29 is 22.7 Å². The van der Waals surface area contributed by atoms with Crippen LogP contribution in [0.25, 0.3) is 0 Å². The molecule has 140 valence electrons. The Morgan fingerprint density at radius 3 is 2.38 bits per heavy atom. The number of hydrogen-bond donors (Lipinski definition) is 2. The monoisotopic (exact) mass is 366 g/mol. The fraction of sp³-hybridized carbons (Fsp3) is 0.316.